The molecule has 0 amide bonds. The molecule has 0 bridgehead atoms. The van der Waals surface area contributed by atoms with Crippen LogP contribution in [0.1, 0.15) is 68.9 Å². The van der Waals surface area contributed by atoms with Gasteiger partial charge in [0, 0.05) is 18.3 Å². The van der Waals surface area contributed by atoms with Crippen LogP contribution >= 0.6 is 0 Å². The standard InChI is InChI=1S/C24H32O5/c1-23-10-9-19-18-8-6-17(25)13-15(18)5-7-20(19)22(23)16(3-2-4-21(26)27)14-24(23)28-11-12-29-24/h6,8,13,16,19-20,22,25H,2-5,7,9-12,14H2,1H3,(H,26,27)/t16-,19+,20+,22-,23-/m0/s1. The summed E-state index contributed by atoms with van der Waals surface area (Å²) >= 11 is 0. The van der Waals surface area contributed by atoms with Crippen molar-refractivity contribution in [2.45, 2.75) is 70.0 Å². The van der Waals surface area contributed by atoms with Crippen molar-refractivity contribution in [2.75, 3.05) is 13.2 Å². The maximum Gasteiger partial charge on any atom is 0.303 e. The van der Waals surface area contributed by atoms with Gasteiger partial charge in [-0.2, -0.15) is 0 Å². The zero-order valence-corrected chi connectivity index (χ0v) is 17.2. The molecule has 1 aliphatic heterocycles. The quantitative estimate of drug-likeness (QED) is 0.780. The Labute approximate surface area is 172 Å². The molecule has 1 heterocycles. The first-order valence-corrected chi connectivity index (χ1v) is 11.2. The first-order valence-electron chi connectivity index (χ1n) is 11.2. The van der Waals surface area contributed by atoms with Gasteiger partial charge in [0.05, 0.1) is 13.2 Å². The highest BCUT2D eigenvalue weighted by molar-refractivity contribution is 5.66. The van der Waals surface area contributed by atoms with Gasteiger partial charge in [0.1, 0.15) is 5.75 Å². The molecule has 0 unspecified atom stereocenters. The highest BCUT2D eigenvalue weighted by atomic mass is 16.7. The van der Waals surface area contributed by atoms with Gasteiger partial charge in [0.2, 0.25) is 0 Å². The molecule has 3 aliphatic carbocycles. The van der Waals surface area contributed by atoms with Crippen LogP contribution in [0.4, 0.5) is 0 Å². The summed E-state index contributed by atoms with van der Waals surface area (Å²) in [5, 5.41) is 19.0. The number of rotatable bonds is 4. The highest BCUT2D eigenvalue weighted by Gasteiger charge is 2.68. The number of carboxylic acids is 1. The third kappa shape index (κ3) is 2.92. The lowest BCUT2D eigenvalue weighted by Gasteiger charge is -2.53. The molecule has 5 nitrogen and oxygen atoms in total. The number of carbonyl (C=O) groups is 1. The number of aromatic hydroxyl groups is 1. The Kier molecular flexibility index (Phi) is 4.67. The predicted molar refractivity (Wildman–Crippen MR) is 108 cm³/mol. The zero-order valence-electron chi connectivity index (χ0n) is 17.2. The Hall–Kier alpha value is -1.59. The van der Waals surface area contributed by atoms with Crippen molar-refractivity contribution in [2.24, 2.45) is 23.2 Å². The van der Waals surface area contributed by atoms with Gasteiger partial charge in [-0.15, -0.1) is 0 Å². The molecule has 0 radical (unpaired) electrons. The number of hydrogen-bond acceptors (Lipinski definition) is 4. The van der Waals surface area contributed by atoms with Gasteiger partial charge in [-0.1, -0.05) is 13.0 Å². The molecule has 4 aliphatic rings. The average molecular weight is 401 g/mol. The number of carboxylic acid groups (broad SMARTS) is 1. The van der Waals surface area contributed by atoms with Crippen molar-refractivity contribution in [1.82, 2.24) is 0 Å². The lowest BCUT2D eigenvalue weighted by molar-refractivity contribution is -0.237. The summed E-state index contributed by atoms with van der Waals surface area (Å²) in [7, 11) is 0. The molecule has 2 N–H and O–H groups in total. The van der Waals surface area contributed by atoms with Crippen LogP contribution in [0, 0.1) is 23.2 Å². The smallest absolute Gasteiger partial charge is 0.303 e. The van der Waals surface area contributed by atoms with E-state index in [0.717, 1.165) is 44.9 Å². The fraction of sp³-hybridized carbons (Fsp3) is 0.708. The van der Waals surface area contributed by atoms with Crippen molar-refractivity contribution < 1.29 is 24.5 Å². The number of fused-ring (bicyclic) bond motifs is 6. The number of phenols is 1. The van der Waals surface area contributed by atoms with Crippen LogP contribution in [0.3, 0.4) is 0 Å². The van der Waals surface area contributed by atoms with E-state index in [1.165, 1.54) is 11.1 Å². The Morgan fingerprint density at radius 2 is 2.03 bits per heavy atom. The van der Waals surface area contributed by atoms with Crippen LogP contribution in [-0.2, 0) is 20.7 Å². The van der Waals surface area contributed by atoms with Crippen LogP contribution in [0.15, 0.2) is 18.2 Å². The third-order valence-electron chi connectivity index (χ3n) is 8.59. The molecular formula is C24H32O5. The minimum absolute atomic E-state index is 0.00696. The van der Waals surface area contributed by atoms with E-state index in [1.807, 2.05) is 12.1 Å². The molecule has 3 fully saturated rings. The van der Waals surface area contributed by atoms with Crippen LogP contribution in [-0.4, -0.2) is 35.2 Å². The highest BCUT2D eigenvalue weighted by Crippen LogP contribution is 2.68. The molecule has 0 aromatic heterocycles. The van der Waals surface area contributed by atoms with E-state index in [2.05, 4.69) is 13.0 Å². The van der Waals surface area contributed by atoms with Crippen LogP contribution in [0.2, 0.25) is 0 Å². The lowest BCUT2D eigenvalue weighted by atomic mass is 9.53. The van der Waals surface area contributed by atoms with Crippen molar-refractivity contribution in [3.8, 4) is 5.75 Å². The maximum atomic E-state index is 11.1. The number of hydrogen-bond donors (Lipinski definition) is 2. The van der Waals surface area contributed by atoms with Crippen molar-refractivity contribution in [1.29, 1.82) is 0 Å². The molecule has 1 aromatic carbocycles. The Balaban J connectivity index is 1.48. The van der Waals surface area contributed by atoms with E-state index in [0.29, 0.717) is 42.6 Å². The van der Waals surface area contributed by atoms with Gasteiger partial charge < -0.3 is 19.7 Å². The summed E-state index contributed by atoms with van der Waals surface area (Å²) in [4.78, 5) is 11.1. The minimum Gasteiger partial charge on any atom is -0.508 e. The van der Waals surface area contributed by atoms with E-state index < -0.39 is 11.8 Å². The molecule has 1 spiro atoms. The first kappa shape index (κ1) is 19.4. The average Bonchev–Trinajstić information content (AvgIpc) is 3.25. The SMILES string of the molecule is C[C@]12CC[C@@H]3c4ccc(O)cc4CC[C@H]3[C@@H]1[C@@H](CCCC(=O)O)CC21OCCO1. The van der Waals surface area contributed by atoms with Gasteiger partial charge >= 0.3 is 5.97 Å². The molecule has 1 saturated heterocycles. The summed E-state index contributed by atoms with van der Waals surface area (Å²) < 4.78 is 12.6. The third-order valence-corrected chi connectivity index (χ3v) is 8.59. The number of aliphatic carboxylic acids is 1. The molecule has 158 valence electrons. The Bertz CT molecular complexity index is 798. The summed E-state index contributed by atoms with van der Waals surface area (Å²) in [5.41, 5.74) is 2.71. The second kappa shape index (κ2) is 6.98. The lowest BCUT2D eigenvalue weighted by Crippen LogP contribution is -2.51. The van der Waals surface area contributed by atoms with Crippen LogP contribution in [0.25, 0.3) is 0 Å². The van der Waals surface area contributed by atoms with E-state index in [1.54, 1.807) is 0 Å². The molecule has 2 saturated carbocycles. The van der Waals surface area contributed by atoms with E-state index in [9.17, 15) is 9.90 Å². The monoisotopic (exact) mass is 400 g/mol. The van der Waals surface area contributed by atoms with Gasteiger partial charge in [0.25, 0.3) is 0 Å². The number of ether oxygens (including phenoxy) is 2. The summed E-state index contributed by atoms with van der Waals surface area (Å²) in [6.07, 6.45) is 7.16. The van der Waals surface area contributed by atoms with E-state index in [4.69, 9.17) is 14.6 Å². The molecule has 5 heteroatoms. The maximum absolute atomic E-state index is 11.1. The topological polar surface area (TPSA) is 76.0 Å². The number of phenolic OH excluding ortho intramolecular Hbond substituents is 1. The molecule has 1 aromatic rings. The summed E-state index contributed by atoms with van der Waals surface area (Å²) in [6, 6.07) is 5.92. The van der Waals surface area contributed by atoms with Crippen molar-refractivity contribution >= 4 is 5.97 Å². The Morgan fingerprint density at radius 3 is 2.79 bits per heavy atom. The van der Waals surface area contributed by atoms with Gasteiger partial charge in [-0.25, -0.2) is 0 Å². The van der Waals surface area contributed by atoms with E-state index in [-0.39, 0.29) is 11.8 Å². The second-order valence-electron chi connectivity index (χ2n) is 9.87. The van der Waals surface area contributed by atoms with Crippen molar-refractivity contribution in [3.05, 3.63) is 29.3 Å². The fourth-order valence-electron chi connectivity index (χ4n) is 7.54. The second-order valence-corrected chi connectivity index (χ2v) is 9.87. The Morgan fingerprint density at radius 1 is 1.24 bits per heavy atom. The van der Waals surface area contributed by atoms with Gasteiger partial charge in [-0.05, 0) is 85.5 Å². The van der Waals surface area contributed by atoms with Crippen LogP contribution in [0.5, 0.6) is 5.75 Å². The molecular weight excluding hydrogens is 368 g/mol. The molecule has 5 atom stereocenters. The molecule has 29 heavy (non-hydrogen) atoms. The minimum atomic E-state index is -0.707. The zero-order chi connectivity index (χ0) is 20.2. The van der Waals surface area contributed by atoms with Gasteiger partial charge in [-0.3, -0.25) is 4.79 Å². The van der Waals surface area contributed by atoms with Gasteiger partial charge in [0.15, 0.2) is 5.79 Å². The fourth-order valence-corrected chi connectivity index (χ4v) is 7.54. The predicted octanol–water partition coefficient (Wildman–Crippen LogP) is 4.47. The summed E-state index contributed by atoms with van der Waals surface area (Å²) in [6.45, 7) is 3.71. The van der Waals surface area contributed by atoms with E-state index >= 15 is 0 Å². The number of benzene rings is 1. The molecule has 5 rings (SSSR count). The largest absolute Gasteiger partial charge is 0.508 e. The first-order chi connectivity index (χ1) is 13.9. The number of aryl methyl sites for hydroxylation is 1. The van der Waals surface area contributed by atoms with Crippen LogP contribution < -0.4 is 0 Å². The van der Waals surface area contributed by atoms with Crippen molar-refractivity contribution in [3.63, 3.8) is 0 Å². The summed E-state index contributed by atoms with van der Waals surface area (Å²) in [5.74, 6) is 1.22. The normalized spacial score (nSPS) is 37.1.